The van der Waals surface area contributed by atoms with Gasteiger partial charge in [-0.3, -0.25) is 4.79 Å². The predicted molar refractivity (Wildman–Crippen MR) is 31.3 cm³/mol. The highest BCUT2D eigenvalue weighted by Crippen LogP contribution is 2.37. The van der Waals surface area contributed by atoms with Crippen molar-refractivity contribution >= 4 is 5.91 Å². The Morgan fingerprint density at radius 2 is 2.25 bits per heavy atom. The van der Waals surface area contributed by atoms with Crippen molar-refractivity contribution in [2.24, 2.45) is 11.8 Å². The summed E-state index contributed by atoms with van der Waals surface area (Å²) in [5, 5.41) is 2.62. The molecule has 0 radical (unpaired) electrons. The number of hydrogen-bond donors (Lipinski definition) is 1. The van der Waals surface area contributed by atoms with Crippen LogP contribution in [0.4, 0.5) is 0 Å². The first-order valence-corrected chi connectivity index (χ1v) is 2.97. The number of carbonyl (C=O) groups is 1. The molecular formula is C6H11NO. The Morgan fingerprint density at radius 3 is 2.38 bits per heavy atom. The van der Waals surface area contributed by atoms with E-state index >= 15 is 0 Å². The van der Waals surface area contributed by atoms with Crippen LogP contribution in [0.2, 0.25) is 0 Å². The predicted octanol–water partition coefficient (Wildman–Crippen LogP) is 0.388. The molecule has 8 heavy (non-hydrogen) atoms. The van der Waals surface area contributed by atoms with Crippen LogP contribution in [-0.2, 0) is 4.79 Å². The number of amides is 1. The second-order valence-corrected chi connectivity index (χ2v) is 2.43. The lowest BCUT2D eigenvalue weighted by molar-refractivity contribution is -0.122. The van der Waals surface area contributed by atoms with E-state index in [1.165, 1.54) is 0 Å². The van der Waals surface area contributed by atoms with Crippen molar-refractivity contribution < 1.29 is 4.79 Å². The van der Waals surface area contributed by atoms with Crippen LogP contribution in [0, 0.1) is 11.8 Å². The molecule has 2 heteroatoms. The van der Waals surface area contributed by atoms with Gasteiger partial charge in [-0.1, -0.05) is 6.92 Å². The highest BCUT2D eigenvalue weighted by Gasteiger charge is 2.38. The maximum absolute atomic E-state index is 10.7. The van der Waals surface area contributed by atoms with Gasteiger partial charge < -0.3 is 5.32 Å². The molecular weight excluding hydrogens is 102 g/mol. The van der Waals surface area contributed by atoms with Crippen LogP contribution >= 0.6 is 0 Å². The van der Waals surface area contributed by atoms with Gasteiger partial charge in [0.15, 0.2) is 0 Å². The summed E-state index contributed by atoms with van der Waals surface area (Å²) in [4.78, 5) is 10.7. The summed E-state index contributed by atoms with van der Waals surface area (Å²) in [6, 6.07) is 0. The number of hydrogen-bond acceptors (Lipinski definition) is 1. The third kappa shape index (κ3) is 0.831. The fraction of sp³-hybridized carbons (Fsp3) is 0.833. The molecule has 0 saturated heterocycles. The number of carbonyl (C=O) groups excluding carboxylic acids is 1. The summed E-state index contributed by atoms with van der Waals surface area (Å²) in [6.45, 7) is 2.10. The van der Waals surface area contributed by atoms with E-state index in [1.54, 1.807) is 7.05 Å². The summed E-state index contributed by atoms with van der Waals surface area (Å²) in [7, 11) is 1.69. The van der Waals surface area contributed by atoms with Gasteiger partial charge >= 0.3 is 0 Å². The second-order valence-electron chi connectivity index (χ2n) is 2.43. The second kappa shape index (κ2) is 1.77. The van der Waals surface area contributed by atoms with Crippen molar-refractivity contribution in [3.8, 4) is 0 Å². The molecule has 1 saturated carbocycles. The van der Waals surface area contributed by atoms with Gasteiger partial charge in [-0.2, -0.15) is 0 Å². The highest BCUT2D eigenvalue weighted by molar-refractivity contribution is 5.81. The molecule has 1 aliphatic carbocycles. The molecule has 2 atom stereocenters. The molecule has 0 heterocycles. The van der Waals surface area contributed by atoms with E-state index in [9.17, 15) is 4.79 Å². The standard InChI is InChI=1S/C6H11NO/c1-4-3-5(4)6(8)7-2/h4-5H,3H2,1-2H3,(H,7,8). The fourth-order valence-corrected chi connectivity index (χ4v) is 0.873. The van der Waals surface area contributed by atoms with Crippen LogP contribution in [0.25, 0.3) is 0 Å². The van der Waals surface area contributed by atoms with Crippen LogP contribution in [0.3, 0.4) is 0 Å². The maximum Gasteiger partial charge on any atom is 0.223 e. The zero-order valence-electron chi connectivity index (χ0n) is 5.27. The average Bonchev–Trinajstić information content (AvgIpc) is 2.45. The monoisotopic (exact) mass is 113 g/mol. The van der Waals surface area contributed by atoms with E-state index in [0.29, 0.717) is 11.8 Å². The Balaban J connectivity index is 2.28. The van der Waals surface area contributed by atoms with Gasteiger partial charge in [0.25, 0.3) is 0 Å². The molecule has 0 aromatic rings. The first kappa shape index (κ1) is 5.60. The third-order valence-corrected chi connectivity index (χ3v) is 1.69. The van der Waals surface area contributed by atoms with E-state index in [1.807, 2.05) is 0 Å². The lowest BCUT2D eigenvalue weighted by atomic mass is 10.3. The molecule has 2 unspecified atom stereocenters. The van der Waals surface area contributed by atoms with Crippen LogP contribution in [0.15, 0.2) is 0 Å². The SMILES string of the molecule is CNC(=O)C1CC1C. The minimum Gasteiger partial charge on any atom is -0.359 e. The molecule has 0 aliphatic heterocycles. The zero-order valence-corrected chi connectivity index (χ0v) is 5.27. The molecule has 0 spiro atoms. The van der Waals surface area contributed by atoms with Crippen molar-refractivity contribution in [2.45, 2.75) is 13.3 Å². The molecule has 2 nitrogen and oxygen atoms in total. The van der Waals surface area contributed by atoms with Crippen molar-refractivity contribution in [1.29, 1.82) is 0 Å². The Bertz CT molecular complexity index is 111. The molecule has 46 valence electrons. The number of rotatable bonds is 1. The summed E-state index contributed by atoms with van der Waals surface area (Å²) in [5.74, 6) is 1.17. The van der Waals surface area contributed by atoms with E-state index in [-0.39, 0.29) is 5.91 Å². The summed E-state index contributed by atoms with van der Waals surface area (Å²) < 4.78 is 0. The summed E-state index contributed by atoms with van der Waals surface area (Å²) in [5.41, 5.74) is 0. The first-order chi connectivity index (χ1) is 3.75. The Morgan fingerprint density at radius 1 is 1.75 bits per heavy atom. The minimum absolute atomic E-state index is 0.206. The van der Waals surface area contributed by atoms with Gasteiger partial charge in [-0.05, 0) is 12.3 Å². The van der Waals surface area contributed by atoms with Gasteiger partial charge in [-0.25, -0.2) is 0 Å². The fourth-order valence-electron chi connectivity index (χ4n) is 0.873. The lowest BCUT2D eigenvalue weighted by Gasteiger charge is -1.91. The summed E-state index contributed by atoms with van der Waals surface area (Å²) >= 11 is 0. The molecule has 1 N–H and O–H groups in total. The first-order valence-electron chi connectivity index (χ1n) is 2.97. The van der Waals surface area contributed by atoms with Crippen LogP contribution in [0.1, 0.15) is 13.3 Å². The smallest absolute Gasteiger partial charge is 0.223 e. The van der Waals surface area contributed by atoms with Gasteiger partial charge in [0.05, 0.1) is 0 Å². The zero-order chi connectivity index (χ0) is 6.15. The number of nitrogens with one attached hydrogen (secondary N) is 1. The maximum atomic E-state index is 10.7. The Hall–Kier alpha value is -0.530. The van der Waals surface area contributed by atoms with Crippen molar-refractivity contribution in [3.05, 3.63) is 0 Å². The van der Waals surface area contributed by atoms with Crippen molar-refractivity contribution in [3.63, 3.8) is 0 Å². The summed E-state index contributed by atoms with van der Waals surface area (Å²) in [6.07, 6.45) is 1.08. The van der Waals surface area contributed by atoms with Crippen molar-refractivity contribution in [2.75, 3.05) is 7.05 Å². The topological polar surface area (TPSA) is 29.1 Å². The molecule has 1 amide bonds. The van der Waals surface area contributed by atoms with Gasteiger partial charge in [0.1, 0.15) is 0 Å². The highest BCUT2D eigenvalue weighted by atomic mass is 16.1. The van der Waals surface area contributed by atoms with E-state index in [2.05, 4.69) is 12.2 Å². The van der Waals surface area contributed by atoms with Gasteiger partial charge in [0, 0.05) is 13.0 Å². The molecule has 1 aliphatic rings. The van der Waals surface area contributed by atoms with E-state index in [0.717, 1.165) is 6.42 Å². The Kier molecular flexibility index (Phi) is 1.24. The molecule has 1 rings (SSSR count). The lowest BCUT2D eigenvalue weighted by Crippen LogP contribution is -2.19. The van der Waals surface area contributed by atoms with Crippen LogP contribution < -0.4 is 5.32 Å². The normalized spacial score (nSPS) is 34.2. The largest absolute Gasteiger partial charge is 0.359 e. The quantitative estimate of drug-likeness (QED) is 0.523. The molecule has 0 aromatic carbocycles. The Labute approximate surface area is 49.3 Å². The van der Waals surface area contributed by atoms with Crippen molar-refractivity contribution in [1.82, 2.24) is 5.32 Å². The molecule has 1 fully saturated rings. The van der Waals surface area contributed by atoms with Crippen LogP contribution in [-0.4, -0.2) is 13.0 Å². The van der Waals surface area contributed by atoms with E-state index in [4.69, 9.17) is 0 Å². The third-order valence-electron chi connectivity index (χ3n) is 1.69. The molecule has 0 aromatic heterocycles. The van der Waals surface area contributed by atoms with E-state index < -0.39 is 0 Å². The molecule has 0 bridgehead atoms. The van der Waals surface area contributed by atoms with Gasteiger partial charge in [0.2, 0.25) is 5.91 Å². The minimum atomic E-state index is 0.206. The van der Waals surface area contributed by atoms with Crippen LogP contribution in [0.5, 0.6) is 0 Å². The van der Waals surface area contributed by atoms with Gasteiger partial charge in [-0.15, -0.1) is 0 Å². The average molecular weight is 113 g/mol.